The van der Waals surface area contributed by atoms with Gasteiger partial charge in [-0.05, 0) is 48.4 Å². The second-order valence-electron chi connectivity index (χ2n) is 5.31. The largest absolute Gasteiger partial charge is 0.377 e. The summed E-state index contributed by atoms with van der Waals surface area (Å²) in [6.45, 7) is 0. The molecule has 1 aromatic carbocycles. The standard InChI is InChI=1S/C16H17ClFNS/c17-13-10-12(7-8-14(13)18)19-16(11-4-1-2-5-11)15-6-3-9-20-15/h3,6-11,16,19H,1-2,4-5H2. The summed E-state index contributed by atoms with van der Waals surface area (Å²) in [5.41, 5.74) is 0.890. The minimum absolute atomic E-state index is 0.173. The van der Waals surface area contributed by atoms with Crippen molar-refractivity contribution in [1.29, 1.82) is 0 Å². The number of benzene rings is 1. The average Bonchev–Trinajstić information content (AvgIpc) is 3.12. The van der Waals surface area contributed by atoms with Crippen molar-refractivity contribution >= 4 is 28.6 Å². The Kier molecular flexibility index (Phi) is 4.27. The van der Waals surface area contributed by atoms with Crippen LogP contribution in [-0.4, -0.2) is 0 Å². The normalized spacial score (nSPS) is 17.3. The van der Waals surface area contributed by atoms with E-state index in [1.807, 2.05) is 0 Å². The smallest absolute Gasteiger partial charge is 0.141 e. The molecule has 4 heteroatoms. The van der Waals surface area contributed by atoms with Gasteiger partial charge in [0, 0.05) is 10.6 Å². The van der Waals surface area contributed by atoms with Gasteiger partial charge >= 0.3 is 0 Å². The third-order valence-electron chi connectivity index (χ3n) is 3.96. The van der Waals surface area contributed by atoms with Crippen LogP contribution in [0.15, 0.2) is 35.7 Å². The molecule has 0 bridgehead atoms. The fourth-order valence-corrected chi connectivity index (χ4v) is 4.00. The lowest BCUT2D eigenvalue weighted by Crippen LogP contribution is -2.18. The summed E-state index contributed by atoms with van der Waals surface area (Å²) in [4.78, 5) is 1.34. The summed E-state index contributed by atoms with van der Waals surface area (Å²) < 4.78 is 13.3. The molecule has 106 valence electrons. The van der Waals surface area contributed by atoms with E-state index < -0.39 is 0 Å². The highest BCUT2D eigenvalue weighted by molar-refractivity contribution is 7.10. The first-order chi connectivity index (χ1) is 9.74. The van der Waals surface area contributed by atoms with E-state index in [-0.39, 0.29) is 10.8 Å². The van der Waals surface area contributed by atoms with Gasteiger partial charge in [-0.1, -0.05) is 30.5 Å². The van der Waals surface area contributed by atoms with Gasteiger partial charge in [-0.3, -0.25) is 0 Å². The maximum absolute atomic E-state index is 13.3. The highest BCUT2D eigenvalue weighted by atomic mass is 35.5. The zero-order chi connectivity index (χ0) is 13.9. The molecule has 1 saturated carbocycles. The molecule has 0 amide bonds. The molecule has 0 aliphatic heterocycles. The first-order valence-electron chi connectivity index (χ1n) is 6.99. The van der Waals surface area contributed by atoms with Crippen LogP contribution in [0.3, 0.4) is 0 Å². The average molecular weight is 310 g/mol. The quantitative estimate of drug-likeness (QED) is 0.743. The van der Waals surface area contributed by atoms with Crippen LogP contribution in [-0.2, 0) is 0 Å². The second-order valence-corrected chi connectivity index (χ2v) is 6.70. The van der Waals surface area contributed by atoms with Gasteiger partial charge in [0.25, 0.3) is 0 Å². The summed E-state index contributed by atoms with van der Waals surface area (Å²) in [6, 6.07) is 9.42. The molecule has 2 aromatic rings. The molecule has 3 rings (SSSR count). The summed E-state index contributed by atoms with van der Waals surface area (Å²) >= 11 is 7.64. The van der Waals surface area contributed by atoms with E-state index >= 15 is 0 Å². The lowest BCUT2D eigenvalue weighted by atomic mass is 9.96. The van der Waals surface area contributed by atoms with Crippen molar-refractivity contribution in [1.82, 2.24) is 0 Å². The van der Waals surface area contributed by atoms with Gasteiger partial charge in [0.05, 0.1) is 11.1 Å². The SMILES string of the molecule is Fc1ccc(NC(c2cccs2)C2CCCC2)cc1Cl. The van der Waals surface area contributed by atoms with Gasteiger partial charge in [0.1, 0.15) is 5.82 Å². The van der Waals surface area contributed by atoms with Crippen LogP contribution in [0.2, 0.25) is 5.02 Å². The van der Waals surface area contributed by atoms with Crippen LogP contribution in [0.4, 0.5) is 10.1 Å². The summed E-state index contributed by atoms with van der Waals surface area (Å²) in [6.07, 6.45) is 5.12. The van der Waals surface area contributed by atoms with E-state index in [2.05, 4.69) is 22.8 Å². The van der Waals surface area contributed by atoms with Crippen LogP contribution in [0.5, 0.6) is 0 Å². The molecule has 1 aromatic heterocycles. The van der Waals surface area contributed by atoms with Crippen molar-refractivity contribution in [3.8, 4) is 0 Å². The highest BCUT2D eigenvalue weighted by Gasteiger charge is 2.27. The lowest BCUT2D eigenvalue weighted by molar-refractivity contribution is 0.475. The number of nitrogens with one attached hydrogen (secondary N) is 1. The number of hydrogen-bond donors (Lipinski definition) is 1. The van der Waals surface area contributed by atoms with Crippen molar-refractivity contribution in [2.75, 3.05) is 5.32 Å². The van der Waals surface area contributed by atoms with Crippen molar-refractivity contribution in [3.63, 3.8) is 0 Å². The fraction of sp³-hybridized carbons (Fsp3) is 0.375. The molecule has 1 heterocycles. The number of halogens is 2. The minimum Gasteiger partial charge on any atom is -0.377 e. The van der Waals surface area contributed by atoms with Crippen LogP contribution >= 0.6 is 22.9 Å². The Morgan fingerprint density at radius 2 is 2.05 bits per heavy atom. The van der Waals surface area contributed by atoms with Gasteiger partial charge in [0.15, 0.2) is 0 Å². The van der Waals surface area contributed by atoms with E-state index in [0.717, 1.165) is 5.69 Å². The van der Waals surface area contributed by atoms with Crippen molar-refractivity contribution in [3.05, 3.63) is 51.4 Å². The number of rotatable bonds is 4. The summed E-state index contributed by atoms with van der Waals surface area (Å²) in [5.74, 6) is 0.281. The number of hydrogen-bond acceptors (Lipinski definition) is 2. The van der Waals surface area contributed by atoms with E-state index in [0.29, 0.717) is 12.0 Å². The van der Waals surface area contributed by atoms with Gasteiger partial charge in [-0.25, -0.2) is 4.39 Å². The molecule has 1 aliphatic carbocycles. The molecule has 1 unspecified atom stereocenters. The molecular formula is C16H17ClFNS. The van der Waals surface area contributed by atoms with E-state index in [1.54, 1.807) is 23.5 Å². The topological polar surface area (TPSA) is 12.0 Å². The third-order valence-corrected chi connectivity index (χ3v) is 5.21. The minimum atomic E-state index is -0.370. The van der Waals surface area contributed by atoms with Crippen molar-refractivity contribution < 1.29 is 4.39 Å². The third kappa shape index (κ3) is 2.99. The Hall–Kier alpha value is -1.06. The molecule has 0 saturated heterocycles. The van der Waals surface area contributed by atoms with Gasteiger partial charge in [-0.2, -0.15) is 0 Å². The van der Waals surface area contributed by atoms with E-state index in [9.17, 15) is 4.39 Å². The Balaban J connectivity index is 1.84. The van der Waals surface area contributed by atoms with Crippen LogP contribution < -0.4 is 5.32 Å². The van der Waals surface area contributed by atoms with Crippen molar-refractivity contribution in [2.24, 2.45) is 5.92 Å². The van der Waals surface area contributed by atoms with Crippen LogP contribution in [0.25, 0.3) is 0 Å². The molecule has 0 spiro atoms. The zero-order valence-electron chi connectivity index (χ0n) is 11.1. The first kappa shape index (κ1) is 13.9. The molecule has 1 fully saturated rings. The van der Waals surface area contributed by atoms with E-state index in [1.165, 1.54) is 36.6 Å². The monoisotopic (exact) mass is 309 g/mol. The number of thiophene rings is 1. The molecule has 1 N–H and O–H groups in total. The maximum Gasteiger partial charge on any atom is 0.141 e. The van der Waals surface area contributed by atoms with Gasteiger partial charge in [0.2, 0.25) is 0 Å². The molecular weight excluding hydrogens is 293 g/mol. The van der Waals surface area contributed by atoms with E-state index in [4.69, 9.17) is 11.6 Å². The van der Waals surface area contributed by atoms with Crippen LogP contribution in [0, 0.1) is 11.7 Å². The molecule has 0 radical (unpaired) electrons. The van der Waals surface area contributed by atoms with Crippen molar-refractivity contribution in [2.45, 2.75) is 31.7 Å². The maximum atomic E-state index is 13.3. The summed E-state index contributed by atoms with van der Waals surface area (Å²) in [5, 5.41) is 5.83. The first-order valence-corrected chi connectivity index (χ1v) is 8.25. The molecule has 20 heavy (non-hydrogen) atoms. The fourth-order valence-electron chi connectivity index (χ4n) is 2.95. The molecule has 1 nitrogen and oxygen atoms in total. The number of anilines is 1. The van der Waals surface area contributed by atoms with Crippen LogP contribution in [0.1, 0.15) is 36.6 Å². The Morgan fingerprint density at radius 1 is 1.25 bits per heavy atom. The highest BCUT2D eigenvalue weighted by Crippen LogP contribution is 2.39. The lowest BCUT2D eigenvalue weighted by Gasteiger charge is -2.25. The predicted molar refractivity (Wildman–Crippen MR) is 84.1 cm³/mol. The van der Waals surface area contributed by atoms with Gasteiger partial charge < -0.3 is 5.32 Å². The second kappa shape index (κ2) is 6.15. The molecule has 1 atom stereocenters. The Bertz CT molecular complexity index is 564. The zero-order valence-corrected chi connectivity index (χ0v) is 12.7. The molecule has 1 aliphatic rings. The van der Waals surface area contributed by atoms with Gasteiger partial charge in [-0.15, -0.1) is 11.3 Å². The Morgan fingerprint density at radius 3 is 2.70 bits per heavy atom. The predicted octanol–water partition coefficient (Wildman–Crippen LogP) is 5.88. The Labute approximate surface area is 127 Å². The summed E-state index contributed by atoms with van der Waals surface area (Å²) in [7, 11) is 0.